The minimum absolute atomic E-state index is 0.219. The Balaban J connectivity index is 1.53. The van der Waals surface area contributed by atoms with E-state index in [1.807, 2.05) is 31.2 Å². The van der Waals surface area contributed by atoms with E-state index in [1.54, 1.807) is 17.4 Å². The Bertz CT molecular complexity index is 1100. The van der Waals surface area contributed by atoms with Crippen LogP contribution in [0.3, 0.4) is 0 Å². The number of aryl methyl sites for hydroxylation is 1. The second kappa shape index (κ2) is 10.1. The van der Waals surface area contributed by atoms with Gasteiger partial charge in [-0.25, -0.2) is 4.39 Å². The highest BCUT2D eigenvalue weighted by Crippen LogP contribution is 2.34. The van der Waals surface area contributed by atoms with Crippen LogP contribution in [0.5, 0.6) is 0 Å². The summed E-state index contributed by atoms with van der Waals surface area (Å²) >= 11 is 1.69. The lowest BCUT2D eigenvalue weighted by Gasteiger charge is -2.33. The summed E-state index contributed by atoms with van der Waals surface area (Å²) in [6.45, 7) is 2.85. The van der Waals surface area contributed by atoms with Gasteiger partial charge < -0.3 is 14.6 Å². The van der Waals surface area contributed by atoms with Crippen LogP contribution < -0.4 is 0 Å². The topological polar surface area (TPSA) is 72.8 Å². The zero-order valence-corrected chi connectivity index (χ0v) is 19.4. The third-order valence-corrected chi connectivity index (χ3v) is 7.10. The maximum Gasteiger partial charge on any atom is 0.303 e. The molecule has 1 aromatic heterocycles. The summed E-state index contributed by atoms with van der Waals surface area (Å²) in [6, 6.07) is 10.2. The summed E-state index contributed by atoms with van der Waals surface area (Å²) in [5.41, 5.74) is 4.19. The molecule has 0 saturated carbocycles. The lowest BCUT2D eigenvalue weighted by Crippen LogP contribution is -2.45. The van der Waals surface area contributed by atoms with Crippen LogP contribution in [0.1, 0.15) is 52.3 Å². The molecule has 2 aromatic rings. The Labute approximate surface area is 196 Å². The molecule has 1 aromatic carbocycles. The molecule has 7 heteroatoms. The Morgan fingerprint density at radius 2 is 2.12 bits per heavy atom. The van der Waals surface area contributed by atoms with Crippen molar-refractivity contribution < 1.29 is 28.6 Å². The summed E-state index contributed by atoms with van der Waals surface area (Å²) in [7, 11) is 0. The highest BCUT2D eigenvalue weighted by atomic mass is 32.1. The fourth-order valence-electron chi connectivity index (χ4n) is 4.17. The molecule has 4 rings (SSSR count). The molecule has 0 spiro atoms. The molecule has 1 aliphatic heterocycles. The number of carbonyl (C=O) groups is 2. The second-order valence-electron chi connectivity index (χ2n) is 8.43. The van der Waals surface area contributed by atoms with E-state index >= 15 is 0 Å². The number of halogens is 1. The number of esters is 1. The maximum atomic E-state index is 13.4. The van der Waals surface area contributed by atoms with Crippen molar-refractivity contribution in [3.8, 4) is 0 Å². The molecule has 4 unspecified atom stereocenters. The molecule has 0 radical (unpaired) electrons. The standard InChI is InChI=1S/C26H27FO5S/c1-15-3-4-18(22-13-23(31-16(2)29)26(30)24(14-28)32-22)11-19(15)12-21-9-10-25(33-21)17-5-7-20(27)8-6-17/h3-7,9-11,20,22-24,28H,8,12-14H2,1-2H3. The minimum atomic E-state index is -1.02. The number of rotatable bonds is 6. The number of alkyl halides is 1. The highest BCUT2D eigenvalue weighted by Gasteiger charge is 2.39. The fourth-order valence-corrected chi connectivity index (χ4v) is 5.22. The van der Waals surface area contributed by atoms with Crippen LogP contribution in [0.2, 0.25) is 0 Å². The molecular formula is C26H27FO5S. The van der Waals surface area contributed by atoms with E-state index in [2.05, 4.69) is 18.2 Å². The quantitative estimate of drug-likeness (QED) is 0.622. The van der Waals surface area contributed by atoms with Crippen molar-refractivity contribution in [2.24, 2.45) is 0 Å². The van der Waals surface area contributed by atoms with Gasteiger partial charge in [0.1, 0.15) is 12.3 Å². The van der Waals surface area contributed by atoms with Crippen molar-refractivity contribution in [1.82, 2.24) is 0 Å². The van der Waals surface area contributed by atoms with Gasteiger partial charge in [0.2, 0.25) is 5.78 Å². The molecule has 5 nitrogen and oxygen atoms in total. The summed E-state index contributed by atoms with van der Waals surface area (Å²) < 4.78 is 24.4. The summed E-state index contributed by atoms with van der Waals surface area (Å²) in [5.74, 6) is -0.943. The number of benzene rings is 1. The van der Waals surface area contributed by atoms with E-state index in [4.69, 9.17) is 9.47 Å². The molecule has 1 N–H and O–H groups in total. The first-order valence-corrected chi connectivity index (χ1v) is 11.8. The van der Waals surface area contributed by atoms with Crippen LogP contribution >= 0.6 is 11.3 Å². The van der Waals surface area contributed by atoms with Gasteiger partial charge >= 0.3 is 5.97 Å². The van der Waals surface area contributed by atoms with Gasteiger partial charge in [-0.1, -0.05) is 30.4 Å². The first-order valence-electron chi connectivity index (χ1n) is 11.0. The Kier molecular flexibility index (Phi) is 7.22. The molecule has 1 aliphatic carbocycles. The van der Waals surface area contributed by atoms with Crippen molar-refractivity contribution >= 4 is 28.7 Å². The maximum absolute atomic E-state index is 13.4. The van der Waals surface area contributed by atoms with Gasteiger partial charge in [-0.05, 0) is 47.4 Å². The van der Waals surface area contributed by atoms with Gasteiger partial charge in [-0.15, -0.1) is 11.3 Å². The van der Waals surface area contributed by atoms with Gasteiger partial charge in [0.15, 0.2) is 6.10 Å². The van der Waals surface area contributed by atoms with Crippen LogP contribution in [0.15, 0.2) is 48.6 Å². The van der Waals surface area contributed by atoms with Crippen LogP contribution in [-0.2, 0) is 25.5 Å². The van der Waals surface area contributed by atoms with Crippen LogP contribution in [0.4, 0.5) is 4.39 Å². The van der Waals surface area contributed by atoms with Crippen LogP contribution in [0.25, 0.3) is 5.57 Å². The van der Waals surface area contributed by atoms with E-state index < -0.39 is 42.8 Å². The van der Waals surface area contributed by atoms with E-state index in [-0.39, 0.29) is 6.42 Å². The second-order valence-corrected chi connectivity index (χ2v) is 9.60. The van der Waals surface area contributed by atoms with Crippen molar-refractivity contribution in [1.29, 1.82) is 0 Å². The molecule has 2 aliphatic rings. The molecule has 0 amide bonds. The molecule has 33 heavy (non-hydrogen) atoms. The Morgan fingerprint density at radius 1 is 1.30 bits per heavy atom. The number of allylic oxidation sites excluding steroid dienone is 4. The normalized spacial score (nSPS) is 25.1. The smallest absolute Gasteiger partial charge is 0.303 e. The highest BCUT2D eigenvalue weighted by molar-refractivity contribution is 7.13. The molecule has 1 saturated heterocycles. The number of Topliss-reactive ketones (excluding diaryl/α,β-unsaturated/α-hetero) is 1. The van der Waals surface area contributed by atoms with Crippen molar-refractivity contribution in [3.05, 3.63) is 75.0 Å². The summed E-state index contributed by atoms with van der Waals surface area (Å²) in [5, 5.41) is 9.58. The summed E-state index contributed by atoms with van der Waals surface area (Å²) in [4.78, 5) is 26.1. The summed E-state index contributed by atoms with van der Waals surface area (Å²) in [6.07, 6.45) is 3.43. The van der Waals surface area contributed by atoms with Gasteiger partial charge in [0.25, 0.3) is 0 Å². The van der Waals surface area contributed by atoms with Gasteiger partial charge in [-0.2, -0.15) is 0 Å². The van der Waals surface area contributed by atoms with Crippen LogP contribution in [0, 0.1) is 6.92 Å². The SMILES string of the molecule is CC(=O)OC1CC(c2ccc(C)c(Cc3ccc(C4=CCC(F)C=C4)s3)c2)OC(CO)C1=O. The number of ether oxygens (including phenoxy) is 2. The molecule has 0 bridgehead atoms. The van der Waals surface area contributed by atoms with Crippen LogP contribution in [-0.4, -0.2) is 41.8 Å². The largest absolute Gasteiger partial charge is 0.454 e. The van der Waals surface area contributed by atoms with Gasteiger partial charge in [0.05, 0.1) is 12.7 Å². The van der Waals surface area contributed by atoms with Crippen molar-refractivity contribution in [2.75, 3.05) is 6.61 Å². The van der Waals surface area contributed by atoms with Crippen molar-refractivity contribution in [3.63, 3.8) is 0 Å². The zero-order chi connectivity index (χ0) is 23.5. The Morgan fingerprint density at radius 3 is 2.82 bits per heavy atom. The predicted octanol–water partition coefficient (Wildman–Crippen LogP) is 4.65. The first-order chi connectivity index (χ1) is 15.8. The van der Waals surface area contributed by atoms with Gasteiger partial charge in [0, 0.05) is 35.9 Å². The number of aliphatic hydroxyl groups excluding tert-OH is 1. The Hall–Kier alpha value is -2.61. The van der Waals surface area contributed by atoms with E-state index in [0.717, 1.165) is 33.6 Å². The third-order valence-electron chi connectivity index (χ3n) is 5.97. The minimum Gasteiger partial charge on any atom is -0.454 e. The fraction of sp³-hybridized carbons (Fsp3) is 0.385. The molecule has 2 heterocycles. The number of carbonyl (C=O) groups excluding carboxylic acids is 2. The lowest BCUT2D eigenvalue weighted by atomic mass is 9.92. The first kappa shape index (κ1) is 23.5. The van der Waals surface area contributed by atoms with E-state index in [1.165, 1.54) is 11.8 Å². The number of hydrogen-bond acceptors (Lipinski definition) is 6. The number of ketones is 1. The molecule has 174 valence electrons. The number of thiophene rings is 1. The molecule has 4 atom stereocenters. The number of aliphatic hydroxyl groups is 1. The molecular weight excluding hydrogens is 443 g/mol. The predicted molar refractivity (Wildman–Crippen MR) is 125 cm³/mol. The number of hydrogen-bond donors (Lipinski definition) is 1. The monoisotopic (exact) mass is 470 g/mol. The van der Waals surface area contributed by atoms with Gasteiger partial charge in [-0.3, -0.25) is 9.59 Å². The van der Waals surface area contributed by atoms with E-state index in [0.29, 0.717) is 6.42 Å². The average Bonchev–Trinajstić information content (AvgIpc) is 3.25. The van der Waals surface area contributed by atoms with E-state index in [9.17, 15) is 19.1 Å². The zero-order valence-electron chi connectivity index (χ0n) is 18.6. The lowest BCUT2D eigenvalue weighted by molar-refractivity contribution is -0.175. The third kappa shape index (κ3) is 5.49. The molecule has 1 fully saturated rings. The average molecular weight is 471 g/mol. The van der Waals surface area contributed by atoms with Crippen molar-refractivity contribution in [2.45, 2.75) is 57.6 Å².